The first kappa shape index (κ1) is 17.3. The maximum Gasteiger partial charge on any atom is 0.0897 e. The van der Waals surface area contributed by atoms with Crippen LogP contribution < -0.4 is 0 Å². The van der Waals surface area contributed by atoms with Crippen molar-refractivity contribution in [2.75, 3.05) is 6.54 Å². The van der Waals surface area contributed by atoms with Crippen molar-refractivity contribution in [1.29, 1.82) is 0 Å². The summed E-state index contributed by atoms with van der Waals surface area (Å²) in [6.45, 7) is 7.37. The minimum absolute atomic E-state index is 0.0469. The number of rotatable bonds is 7. The van der Waals surface area contributed by atoms with Gasteiger partial charge in [-0.2, -0.15) is 0 Å². The summed E-state index contributed by atoms with van der Waals surface area (Å²) in [6, 6.07) is 0. The van der Waals surface area contributed by atoms with Gasteiger partial charge in [0.25, 0.3) is 0 Å². The fourth-order valence-corrected chi connectivity index (χ4v) is 2.99. The quantitative estimate of drug-likeness (QED) is 0.495. The van der Waals surface area contributed by atoms with Crippen LogP contribution >= 0.6 is 0 Å². The molecular weight excluding hydrogens is 225 g/mol. The molecule has 3 atom stereocenters. The molecule has 0 amide bonds. The van der Waals surface area contributed by atoms with Crippen molar-refractivity contribution in [2.24, 2.45) is 0 Å². The Bertz CT molecular complexity index is 285. The molecule has 0 aromatic rings. The van der Waals surface area contributed by atoms with E-state index in [-0.39, 0.29) is 17.3 Å². The summed E-state index contributed by atoms with van der Waals surface area (Å²) in [6.07, 6.45) is 7.21. The second kappa shape index (κ2) is 6.78. The average molecular weight is 251 g/mol. The van der Waals surface area contributed by atoms with Crippen molar-refractivity contribution in [1.82, 2.24) is 4.90 Å². The lowest BCUT2D eigenvalue weighted by Gasteiger charge is -2.44. The highest BCUT2D eigenvalue weighted by atomic mass is 15.2. The van der Waals surface area contributed by atoms with Gasteiger partial charge in [0.15, 0.2) is 0 Å². The summed E-state index contributed by atoms with van der Waals surface area (Å²) in [7, 11) is 24.4. The van der Waals surface area contributed by atoms with Gasteiger partial charge in [-0.15, -0.1) is 0 Å². The first-order valence-corrected chi connectivity index (χ1v) is 7.65. The van der Waals surface area contributed by atoms with Crippen molar-refractivity contribution in [3.05, 3.63) is 0 Å². The van der Waals surface area contributed by atoms with Crippen molar-refractivity contribution in [2.45, 2.75) is 81.8 Å². The molecule has 0 aromatic carbocycles. The van der Waals surface area contributed by atoms with Crippen molar-refractivity contribution in [3.8, 4) is 0 Å². The van der Waals surface area contributed by atoms with Crippen LogP contribution in [0.15, 0.2) is 0 Å². The van der Waals surface area contributed by atoms with Gasteiger partial charge >= 0.3 is 0 Å². The summed E-state index contributed by atoms with van der Waals surface area (Å²) in [5.41, 5.74) is 0.0469. The third-order valence-electron chi connectivity index (χ3n) is 4.91. The number of likely N-dealkylation sites (tertiary alicyclic amines) is 1. The monoisotopic (exact) mass is 251 g/mol. The molecule has 0 spiro atoms. The highest BCUT2D eigenvalue weighted by Crippen LogP contribution is 2.47. The lowest BCUT2D eigenvalue weighted by atomic mass is 9.40. The highest BCUT2D eigenvalue weighted by Gasteiger charge is 2.46. The summed E-state index contributed by atoms with van der Waals surface area (Å²) >= 11 is 0. The van der Waals surface area contributed by atoms with E-state index in [2.05, 4.69) is 25.7 Å². The van der Waals surface area contributed by atoms with Gasteiger partial charge in [-0.1, -0.05) is 50.6 Å². The molecule has 0 aromatic heterocycles. The van der Waals surface area contributed by atoms with Gasteiger partial charge in [0, 0.05) is 5.54 Å². The summed E-state index contributed by atoms with van der Waals surface area (Å²) < 4.78 is 0. The third-order valence-corrected chi connectivity index (χ3v) is 4.91. The zero-order chi connectivity index (χ0) is 14.7. The van der Waals surface area contributed by atoms with Crippen molar-refractivity contribution < 1.29 is 0 Å². The van der Waals surface area contributed by atoms with E-state index in [0.29, 0.717) is 6.54 Å². The van der Waals surface area contributed by atoms with Gasteiger partial charge in [-0.3, -0.25) is 0 Å². The molecule has 1 aliphatic heterocycles. The Morgan fingerprint density at radius 1 is 1.16 bits per heavy atom. The molecule has 0 bridgehead atoms. The standard InChI is InChI=1S/C14H25B4N/c1-4-6-7-8-9-13(3,5-2)19-10-11(15)14(17,18)12(19)16/h11-12H,4-10H2,1-3H3. The maximum absolute atomic E-state index is 6.24. The first-order chi connectivity index (χ1) is 8.79. The van der Waals surface area contributed by atoms with Crippen LogP contribution in [0.25, 0.3) is 0 Å². The summed E-state index contributed by atoms with van der Waals surface area (Å²) in [5.74, 6) is -0.623. The van der Waals surface area contributed by atoms with E-state index in [4.69, 9.17) is 31.4 Å². The summed E-state index contributed by atoms with van der Waals surface area (Å²) in [5, 5.41) is -0.986. The molecule has 3 unspecified atom stereocenters. The topological polar surface area (TPSA) is 3.24 Å². The first-order valence-electron chi connectivity index (χ1n) is 7.65. The van der Waals surface area contributed by atoms with E-state index in [1.807, 2.05) is 0 Å². The smallest absolute Gasteiger partial charge is 0.0897 e. The molecule has 1 heterocycles. The Hall–Kier alpha value is 0.220. The van der Waals surface area contributed by atoms with Crippen LogP contribution in [0.1, 0.15) is 59.3 Å². The van der Waals surface area contributed by atoms with Crippen LogP contribution in [-0.2, 0) is 0 Å². The number of nitrogens with zero attached hydrogens (tertiary/aromatic N) is 1. The minimum Gasteiger partial charge on any atom is -0.305 e. The van der Waals surface area contributed by atoms with Crippen molar-refractivity contribution in [3.63, 3.8) is 0 Å². The lowest BCUT2D eigenvalue weighted by Crippen LogP contribution is -2.51. The predicted molar refractivity (Wildman–Crippen MR) is 87.4 cm³/mol. The molecule has 0 aliphatic carbocycles. The van der Waals surface area contributed by atoms with Gasteiger partial charge in [-0.25, -0.2) is 0 Å². The van der Waals surface area contributed by atoms with E-state index in [9.17, 15) is 0 Å². The molecule has 1 nitrogen and oxygen atoms in total. The number of hydrogen-bond acceptors (Lipinski definition) is 1. The van der Waals surface area contributed by atoms with Gasteiger partial charge in [0.2, 0.25) is 0 Å². The maximum atomic E-state index is 6.24. The molecule has 8 radical (unpaired) electrons. The van der Waals surface area contributed by atoms with E-state index >= 15 is 0 Å². The molecule has 19 heavy (non-hydrogen) atoms. The van der Waals surface area contributed by atoms with Gasteiger partial charge < -0.3 is 4.90 Å². The minimum atomic E-state index is -0.986. The van der Waals surface area contributed by atoms with E-state index in [1.165, 1.54) is 25.7 Å². The Kier molecular flexibility index (Phi) is 6.17. The molecule has 0 N–H and O–H groups in total. The SMILES string of the molecule is [B]C1CN(C(C)(CC)CCCCCC)C([B])C1([B])[B]. The molecule has 98 valence electrons. The molecule has 5 heteroatoms. The fraction of sp³-hybridized carbons (Fsp3) is 1.00. The Morgan fingerprint density at radius 3 is 2.21 bits per heavy atom. The van der Waals surface area contributed by atoms with Gasteiger partial charge in [0.05, 0.1) is 31.4 Å². The number of unbranched alkanes of at least 4 members (excludes halogenated alkanes) is 3. The largest absolute Gasteiger partial charge is 0.305 e. The molecule has 0 saturated carbocycles. The third kappa shape index (κ3) is 3.65. The van der Waals surface area contributed by atoms with Crippen LogP contribution in [0.3, 0.4) is 0 Å². The Labute approximate surface area is 125 Å². The Morgan fingerprint density at radius 2 is 1.79 bits per heavy atom. The van der Waals surface area contributed by atoms with Crippen molar-refractivity contribution >= 4 is 31.4 Å². The zero-order valence-corrected chi connectivity index (χ0v) is 12.9. The van der Waals surface area contributed by atoms with Crippen LogP contribution in [0, 0.1) is 0 Å². The molecule has 1 aliphatic rings. The van der Waals surface area contributed by atoms with Crippen LogP contribution in [-0.4, -0.2) is 54.3 Å². The highest BCUT2D eigenvalue weighted by molar-refractivity contribution is 6.47. The second-order valence-corrected chi connectivity index (χ2v) is 6.36. The fourth-order valence-electron chi connectivity index (χ4n) is 2.99. The molecule has 1 fully saturated rings. The normalized spacial score (nSPS) is 30.3. The number of hydrogen-bond donors (Lipinski definition) is 0. The van der Waals surface area contributed by atoms with Gasteiger partial charge in [-0.05, 0) is 32.3 Å². The summed E-state index contributed by atoms with van der Waals surface area (Å²) in [4.78, 5) is 2.23. The average Bonchev–Trinajstić information content (AvgIpc) is 2.58. The van der Waals surface area contributed by atoms with Gasteiger partial charge in [0.1, 0.15) is 0 Å². The van der Waals surface area contributed by atoms with Crippen LogP contribution in [0.5, 0.6) is 0 Å². The molecule has 1 saturated heterocycles. The predicted octanol–water partition coefficient (Wildman–Crippen LogP) is 2.35. The zero-order valence-electron chi connectivity index (χ0n) is 12.9. The van der Waals surface area contributed by atoms with Crippen LogP contribution in [0.4, 0.5) is 0 Å². The van der Waals surface area contributed by atoms with Crippen LogP contribution in [0.2, 0.25) is 11.0 Å². The van der Waals surface area contributed by atoms with E-state index in [0.717, 1.165) is 12.8 Å². The molecular formula is C14H25B4N. The molecule has 1 rings (SSSR count). The second-order valence-electron chi connectivity index (χ2n) is 6.36. The Balaban J connectivity index is 2.68. The van der Waals surface area contributed by atoms with E-state index in [1.54, 1.807) is 0 Å². The lowest BCUT2D eigenvalue weighted by molar-refractivity contribution is 0.101. The van der Waals surface area contributed by atoms with E-state index < -0.39 is 5.21 Å².